The predicted octanol–water partition coefficient (Wildman–Crippen LogP) is 3.65. The summed E-state index contributed by atoms with van der Waals surface area (Å²) in [7, 11) is 4.01. The monoisotopic (exact) mass is 376 g/mol. The van der Waals surface area contributed by atoms with Crippen molar-refractivity contribution in [2.45, 2.75) is 6.04 Å². The second-order valence-corrected chi connectivity index (χ2v) is 6.78. The van der Waals surface area contributed by atoms with Crippen LogP contribution in [-0.2, 0) is 0 Å². The molecule has 7 heteroatoms. The molecule has 2 aromatic heterocycles. The van der Waals surface area contributed by atoms with Crippen LogP contribution in [0.2, 0.25) is 0 Å². The number of benzene rings is 2. The summed E-state index contributed by atoms with van der Waals surface area (Å²) in [5.74, 6) is 1.10. The van der Waals surface area contributed by atoms with Gasteiger partial charge in [0.05, 0.1) is 11.7 Å². The third kappa shape index (κ3) is 3.70. The van der Waals surface area contributed by atoms with Crippen LogP contribution in [0.1, 0.15) is 11.6 Å². The van der Waals surface area contributed by atoms with Gasteiger partial charge in [-0.25, -0.2) is 9.37 Å². The molecule has 4 aromatic rings. The van der Waals surface area contributed by atoms with Crippen LogP contribution < -0.4 is 5.32 Å². The Bertz CT molecular complexity index is 1060. The Morgan fingerprint density at radius 1 is 1.07 bits per heavy atom. The van der Waals surface area contributed by atoms with Crippen molar-refractivity contribution in [2.24, 2.45) is 0 Å². The zero-order valence-corrected chi connectivity index (χ0v) is 15.7. The molecular formula is C21H21FN6. The minimum atomic E-state index is -0.236. The number of aromatic nitrogens is 4. The van der Waals surface area contributed by atoms with Gasteiger partial charge in [0.25, 0.3) is 5.78 Å². The Labute approximate surface area is 162 Å². The maximum Gasteiger partial charge on any atom is 0.254 e. The van der Waals surface area contributed by atoms with E-state index in [9.17, 15) is 4.39 Å². The van der Waals surface area contributed by atoms with E-state index < -0.39 is 0 Å². The van der Waals surface area contributed by atoms with Gasteiger partial charge in [0, 0.05) is 18.2 Å². The first-order valence-corrected chi connectivity index (χ1v) is 9.04. The normalized spacial score (nSPS) is 12.4. The molecule has 0 saturated carbocycles. The lowest BCUT2D eigenvalue weighted by Crippen LogP contribution is -2.27. The van der Waals surface area contributed by atoms with Gasteiger partial charge in [-0.15, -0.1) is 0 Å². The van der Waals surface area contributed by atoms with Gasteiger partial charge in [-0.2, -0.15) is 14.6 Å². The van der Waals surface area contributed by atoms with E-state index in [-0.39, 0.29) is 11.9 Å². The standard InChI is InChI=1S/C21H21FN6/c1-27(2)19(16-8-10-17(22)11-9-16)13-23-20-12-18(15-6-4-3-5-7-15)26-21-24-14-25-28(20)21/h3-12,14,19,23H,13H2,1-2H3. The van der Waals surface area contributed by atoms with Gasteiger partial charge in [-0.1, -0.05) is 42.5 Å². The zero-order valence-electron chi connectivity index (χ0n) is 15.7. The Morgan fingerprint density at radius 2 is 1.82 bits per heavy atom. The summed E-state index contributed by atoms with van der Waals surface area (Å²) in [6.07, 6.45) is 1.49. The summed E-state index contributed by atoms with van der Waals surface area (Å²) in [4.78, 5) is 10.9. The summed E-state index contributed by atoms with van der Waals surface area (Å²) < 4.78 is 15.0. The van der Waals surface area contributed by atoms with Crippen LogP contribution >= 0.6 is 0 Å². The number of fused-ring (bicyclic) bond motifs is 1. The summed E-state index contributed by atoms with van der Waals surface area (Å²) in [6, 6.07) is 18.6. The summed E-state index contributed by atoms with van der Waals surface area (Å²) in [5, 5.41) is 7.74. The van der Waals surface area contributed by atoms with Crippen LogP contribution in [0.5, 0.6) is 0 Å². The highest BCUT2D eigenvalue weighted by Crippen LogP contribution is 2.23. The van der Waals surface area contributed by atoms with Crippen molar-refractivity contribution >= 4 is 11.6 Å². The van der Waals surface area contributed by atoms with Crippen LogP contribution in [0, 0.1) is 5.82 Å². The Kier molecular flexibility index (Phi) is 4.99. The number of hydrogen-bond acceptors (Lipinski definition) is 5. The van der Waals surface area contributed by atoms with Gasteiger partial charge in [-0.05, 0) is 31.8 Å². The molecule has 1 unspecified atom stereocenters. The van der Waals surface area contributed by atoms with Crippen LogP contribution in [0.15, 0.2) is 67.0 Å². The fourth-order valence-corrected chi connectivity index (χ4v) is 3.18. The average molecular weight is 376 g/mol. The predicted molar refractivity (Wildman–Crippen MR) is 108 cm³/mol. The summed E-state index contributed by atoms with van der Waals surface area (Å²) >= 11 is 0. The van der Waals surface area contributed by atoms with Crippen LogP contribution in [0.4, 0.5) is 10.2 Å². The van der Waals surface area contributed by atoms with Crippen LogP contribution in [0.3, 0.4) is 0 Å². The van der Waals surface area contributed by atoms with E-state index in [0.29, 0.717) is 12.3 Å². The maximum atomic E-state index is 13.3. The second-order valence-electron chi connectivity index (χ2n) is 6.78. The number of nitrogens with one attached hydrogen (secondary N) is 1. The Hall–Kier alpha value is -3.32. The highest BCUT2D eigenvalue weighted by atomic mass is 19.1. The smallest absolute Gasteiger partial charge is 0.254 e. The molecule has 0 aliphatic rings. The van der Waals surface area contributed by atoms with Gasteiger partial charge < -0.3 is 10.2 Å². The minimum absolute atomic E-state index is 0.0625. The Morgan fingerprint density at radius 3 is 2.54 bits per heavy atom. The van der Waals surface area contributed by atoms with Crippen molar-refractivity contribution in [2.75, 3.05) is 26.0 Å². The minimum Gasteiger partial charge on any atom is -0.368 e. The highest BCUT2D eigenvalue weighted by molar-refractivity contribution is 5.65. The van der Waals surface area contributed by atoms with E-state index in [4.69, 9.17) is 0 Å². The van der Waals surface area contributed by atoms with Crippen LogP contribution in [-0.4, -0.2) is 45.1 Å². The molecule has 0 aliphatic heterocycles. The van der Waals surface area contributed by atoms with E-state index in [0.717, 1.165) is 22.6 Å². The molecule has 142 valence electrons. The van der Waals surface area contributed by atoms with Crippen molar-refractivity contribution in [1.82, 2.24) is 24.5 Å². The van der Waals surface area contributed by atoms with Crippen molar-refractivity contribution in [3.63, 3.8) is 0 Å². The number of anilines is 1. The second kappa shape index (κ2) is 7.74. The third-order valence-electron chi connectivity index (χ3n) is 4.68. The van der Waals surface area contributed by atoms with Gasteiger partial charge in [-0.3, -0.25) is 0 Å². The zero-order chi connectivity index (χ0) is 19.5. The first-order chi connectivity index (χ1) is 13.6. The van der Waals surface area contributed by atoms with Gasteiger partial charge in [0.1, 0.15) is 18.0 Å². The van der Waals surface area contributed by atoms with Gasteiger partial charge >= 0.3 is 0 Å². The molecule has 6 nitrogen and oxygen atoms in total. The lowest BCUT2D eigenvalue weighted by Gasteiger charge is -2.25. The van der Waals surface area contributed by atoms with Crippen molar-refractivity contribution in [3.05, 3.63) is 78.4 Å². The maximum absolute atomic E-state index is 13.3. The molecule has 1 N–H and O–H groups in total. The van der Waals surface area contributed by atoms with E-state index in [1.165, 1.54) is 18.5 Å². The molecule has 0 bridgehead atoms. The first-order valence-electron chi connectivity index (χ1n) is 9.04. The molecule has 4 rings (SSSR count). The first kappa shape index (κ1) is 18.1. The number of halogens is 1. The quantitative estimate of drug-likeness (QED) is 0.557. The van der Waals surface area contributed by atoms with Gasteiger partial charge in [0.15, 0.2) is 0 Å². The van der Waals surface area contributed by atoms with E-state index in [1.54, 1.807) is 4.52 Å². The van der Waals surface area contributed by atoms with Crippen molar-refractivity contribution in [1.29, 1.82) is 0 Å². The van der Waals surface area contributed by atoms with Crippen LogP contribution in [0.25, 0.3) is 17.0 Å². The third-order valence-corrected chi connectivity index (χ3v) is 4.68. The number of rotatable bonds is 6. The summed E-state index contributed by atoms with van der Waals surface area (Å²) in [6.45, 7) is 0.617. The van der Waals surface area contributed by atoms with Crippen molar-refractivity contribution < 1.29 is 4.39 Å². The molecule has 0 spiro atoms. The molecule has 1 atom stereocenters. The van der Waals surface area contributed by atoms with E-state index in [1.807, 2.05) is 62.6 Å². The number of nitrogens with zero attached hydrogens (tertiary/aromatic N) is 5. The lowest BCUT2D eigenvalue weighted by molar-refractivity contribution is 0.311. The number of likely N-dealkylation sites (N-methyl/N-ethyl adjacent to an activating group) is 1. The molecule has 2 aromatic carbocycles. The molecule has 0 aliphatic carbocycles. The largest absolute Gasteiger partial charge is 0.368 e. The Balaban J connectivity index is 1.65. The molecule has 28 heavy (non-hydrogen) atoms. The fourth-order valence-electron chi connectivity index (χ4n) is 3.18. The number of hydrogen-bond donors (Lipinski definition) is 1. The lowest BCUT2D eigenvalue weighted by atomic mass is 10.1. The molecule has 0 fully saturated rings. The molecule has 0 amide bonds. The average Bonchev–Trinajstić information content (AvgIpc) is 3.18. The molecule has 0 saturated heterocycles. The fraction of sp³-hybridized carbons (Fsp3) is 0.190. The SMILES string of the molecule is CN(C)C(CNc1cc(-c2ccccc2)nc2ncnn12)c1ccc(F)cc1. The van der Waals surface area contributed by atoms with Crippen molar-refractivity contribution in [3.8, 4) is 11.3 Å². The van der Waals surface area contributed by atoms with E-state index >= 15 is 0 Å². The molecule has 0 radical (unpaired) electrons. The molecule has 2 heterocycles. The highest BCUT2D eigenvalue weighted by Gasteiger charge is 2.16. The van der Waals surface area contributed by atoms with E-state index in [2.05, 4.69) is 25.3 Å². The molecular weight excluding hydrogens is 355 g/mol. The van der Waals surface area contributed by atoms with Gasteiger partial charge in [0.2, 0.25) is 0 Å². The summed E-state index contributed by atoms with van der Waals surface area (Å²) in [5.41, 5.74) is 2.87. The topological polar surface area (TPSA) is 58.3 Å².